The van der Waals surface area contributed by atoms with E-state index < -0.39 is 6.10 Å². The van der Waals surface area contributed by atoms with Gasteiger partial charge in [-0.1, -0.05) is 238 Å². The van der Waals surface area contributed by atoms with Crippen molar-refractivity contribution in [2.45, 2.75) is 283 Å². The highest BCUT2D eigenvalue weighted by Crippen LogP contribution is 2.17. The second-order valence-corrected chi connectivity index (χ2v) is 16.9. The Kier molecular flexibility index (Phi) is 45.9. The van der Waals surface area contributed by atoms with E-state index in [0.717, 1.165) is 38.5 Å². The van der Waals surface area contributed by atoms with E-state index in [1.165, 1.54) is 212 Å². The zero-order chi connectivity index (χ0) is 40.0. The molecule has 0 aliphatic carbocycles. The molecule has 0 aromatic carbocycles. The Morgan fingerprint density at radius 1 is 0.400 bits per heavy atom. The van der Waals surface area contributed by atoms with Gasteiger partial charge in [0, 0.05) is 12.8 Å². The number of ether oxygens (including phenoxy) is 2. The molecule has 0 aliphatic heterocycles. The van der Waals surface area contributed by atoms with Crippen molar-refractivity contribution in [3.8, 4) is 0 Å². The maximum Gasteiger partial charge on any atom is 0.306 e. The lowest BCUT2D eigenvalue weighted by Crippen LogP contribution is -2.28. The van der Waals surface area contributed by atoms with Crippen LogP contribution < -0.4 is 0 Å². The fourth-order valence-electron chi connectivity index (χ4n) is 7.55. The Balaban J connectivity index is 3.40. The Morgan fingerprint density at radius 3 is 1.00 bits per heavy atom. The molecular weight excluding hydrogens is 681 g/mol. The molecule has 55 heavy (non-hydrogen) atoms. The molecule has 1 N–H and O–H groups in total. The van der Waals surface area contributed by atoms with Gasteiger partial charge in [-0.05, 0) is 38.5 Å². The summed E-state index contributed by atoms with van der Waals surface area (Å²) < 4.78 is 10.6. The second-order valence-electron chi connectivity index (χ2n) is 16.9. The van der Waals surface area contributed by atoms with E-state index in [2.05, 4.69) is 26.0 Å². The zero-order valence-electron chi connectivity index (χ0n) is 37.2. The third-order valence-corrected chi connectivity index (χ3v) is 11.3. The normalized spacial score (nSPS) is 12.1. The van der Waals surface area contributed by atoms with Crippen molar-refractivity contribution in [1.29, 1.82) is 0 Å². The monoisotopic (exact) mass is 777 g/mol. The van der Waals surface area contributed by atoms with Crippen LogP contribution in [0.2, 0.25) is 0 Å². The molecule has 5 heteroatoms. The van der Waals surface area contributed by atoms with Gasteiger partial charge in [0.2, 0.25) is 0 Å². The van der Waals surface area contributed by atoms with Crippen molar-refractivity contribution >= 4 is 11.9 Å². The first-order valence-electron chi connectivity index (χ1n) is 24.7. The van der Waals surface area contributed by atoms with E-state index in [4.69, 9.17) is 9.47 Å². The average molecular weight is 777 g/mol. The van der Waals surface area contributed by atoms with Crippen LogP contribution in [-0.4, -0.2) is 36.4 Å². The fourth-order valence-corrected chi connectivity index (χ4v) is 7.55. The van der Waals surface area contributed by atoms with Gasteiger partial charge >= 0.3 is 11.9 Å². The minimum atomic E-state index is -0.770. The minimum Gasteiger partial charge on any atom is -0.462 e. The van der Waals surface area contributed by atoms with E-state index in [9.17, 15) is 14.7 Å². The van der Waals surface area contributed by atoms with Crippen molar-refractivity contribution in [2.24, 2.45) is 0 Å². The smallest absolute Gasteiger partial charge is 0.306 e. The van der Waals surface area contributed by atoms with Crippen molar-refractivity contribution in [1.82, 2.24) is 0 Å². The van der Waals surface area contributed by atoms with Crippen LogP contribution in [0.25, 0.3) is 0 Å². The van der Waals surface area contributed by atoms with Gasteiger partial charge in [-0.2, -0.15) is 0 Å². The quantitative estimate of drug-likeness (QED) is 0.0379. The van der Waals surface area contributed by atoms with Gasteiger partial charge in [-0.15, -0.1) is 0 Å². The molecule has 0 saturated carbocycles. The number of hydrogen-bond donors (Lipinski definition) is 1. The van der Waals surface area contributed by atoms with Crippen LogP contribution in [-0.2, 0) is 19.1 Å². The third-order valence-electron chi connectivity index (χ3n) is 11.3. The minimum absolute atomic E-state index is 0.0628. The average Bonchev–Trinajstić information content (AvgIpc) is 3.19. The fraction of sp³-hybridized carbons (Fsp3) is 0.920. The lowest BCUT2D eigenvalue weighted by molar-refractivity contribution is -0.161. The number of esters is 2. The predicted octanol–water partition coefficient (Wildman–Crippen LogP) is 16.0. The van der Waals surface area contributed by atoms with Gasteiger partial charge in [-0.3, -0.25) is 9.59 Å². The Hall–Kier alpha value is -1.36. The van der Waals surface area contributed by atoms with Gasteiger partial charge in [0.15, 0.2) is 6.10 Å². The topological polar surface area (TPSA) is 72.8 Å². The first-order valence-corrected chi connectivity index (χ1v) is 24.7. The Morgan fingerprint density at radius 2 is 0.673 bits per heavy atom. The number of carbonyl (C=O) groups excluding carboxylic acids is 2. The van der Waals surface area contributed by atoms with Crippen LogP contribution in [0.4, 0.5) is 0 Å². The first kappa shape index (κ1) is 53.6. The van der Waals surface area contributed by atoms with Gasteiger partial charge in [0.25, 0.3) is 0 Å². The standard InChI is InChI=1S/C50H96O5/c1-3-5-7-9-11-13-15-17-18-19-20-21-22-23-24-25-26-27-28-29-30-31-33-34-36-38-40-42-44-49(52)54-47-48(46-51)55-50(53)45-43-41-39-37-35-32-16-14-12-10-8-6-4-2/h14,16,48,51H,3-13,15,17-47H2,1-2H3/b16-14-. The molecule has 0 bridgehead atoms. The van der Waals surface area contributed by atoms with E-state index in [1.807, 2.05) is 0 Å². The summed E-state index contributed by atoms with van der Waals surface area (Å²) in [7, 11) is 0. The molecule has 5 nitrogen and oxygen atoms in total. The zero-order valence-corrected chi connectivity index (χ0v) is 37.2. The number of aliphatic hydroxyl groups excluding tert-OH is 1. The molecule has 0 aliphatic rings. The number of hydrogen-bond acceptors (Lipinski definition) is 5. The number of allylic oxidation sites excluding steroid dienone is 2. The molecule has 0 heterocycles. The number of carbonyl (C=O) groups is 2. The van der Waals surface area contributed by atoms with E-state index in [1.54, 1.807) is 0 Å². The molecule has 0 saturated heterocycles. The maximum atomic E-state index is 12.2. The van der Waals surface area contributed by atoms with Gasteiger partial charge in [-0.25, -0.2) is 0 Å². The first-order chi connectivity index (χ1) is 27.1. The van der Waals surface area contributed by atoms with Crippen LogP contribution in [0.3, 0.4) is 0 Å². The molecule has 0 amide bonds. The largest absolute Gasteiger partial charge is 0.462 e. The van der Waals surface area contributed by atoms with Crippen LogP contribution in [0.15, 0.2) is 12.2 Å². The van der Waals surface area contributed by atoms with Gasteiger partial charge < -0.3 is 14.6 Å². The highest BCUT2D eigenvalue weighted by atomic mass is 16.6. The molecule has 1 unspecified atom stereocenters. The molecule has 1 atom stereocenters. The van der Waals surface area contributed by atoms with Crippen molar-refractivity contribution in [3.05, 3.63) is 12.2 Å². The molecule has 0 spiro atoms. The van der Waals surface area contributed by atoms with Crippen molar-refractivity contribution in [3.63, 3.8) is 0 Å². The van der Waals surface area contributed by atoms with Crippen LogP contribution >= 0.6 is 0 Å². The van der Waals surface area contributed by atoms with Crippen molar-refractivity contribution < 1.29 is 24.2 Å². The van der Waals surface area contributed by atoms with E-state index >= 15 is 0 Å². The number of rotatable bonds is 46. The van der Waals surface area contributed by atoms with Crippen molar-refractivity contribution in [2.75, 3.05) is 13.2 Å². The second kappa shape index (κ2) is 47.0. The summed E-state index contributed by atoms with van der Waals surface area (Å²) in [6, 6.07) is 0. The number of unbranched alkanes of at least 4 members (excludes halogenated alkanes) is 36. The summed E-state index contributed by atoms with van der Waals surface area (Å²) in [6.07, 6.45) is 56.0. The van der Waals surface area contributed by atoms with E-state index in [-0.39, 0.29) is 25.2 Å². The summed E-state index contributed by atoms with van der Waals surface area (Å²) in [5.74, 6) is -0.586. The van der Waals surface area contributed by atoms with Crippen LogP contribution in [0.5, 0.6) is 0 Å². The highest BCUT2D eigenvalue weighted by molar-refractivity contribution is 5.70. The summed E-state index contributed by atoms with van der Waals surface area (Å²) in [6.45, 7) is 4.15. The highest BCUT2D eigenvalue weighted by Gasteiger charge is 2.16. The molecule has 0 aromatic heterocycles. The maximum absolute atomic E-state index is 12.2. The molecule has 0 aromatic rings. The molecular formula is C50H96O5. The number of aliphatic hydroxyl groups is 1. The lowest BCUT2D eigenvalue weighted by atomic mass is 10.0. The lowest BCUT2D eigenvalue weighted by Gasteiger charge is -2.15. The Labute approximate surface area is 343 Å². The van der Waals surface area contributed by atoms with Gasteiger partial charge in [0.05, 0.1) is 6.61 Å². The summed E-state index contributed by atoms with van der Waals surface area (Å²) >= 11 is 0. The molecule has 0 radical (unpaired) electrons. The summed E-state index contributed by atoms with van der Waals surface area (Å²) in [4.78, 5) is 24.3. The van der Waals surface area contributed by atoms with Crippen LogP contribution in [0, 0.1) is 0 Å². The third kappa shape index (κ3) is 45.2. The van der Waals surface area contributed by atoms with E-state index in [0.29, 0.717) is 12.8 Å². The molecule has 0 fully saturated rings. The van der Waals surface area contributed by atoms with Gasteiger partial charge in [0.1, 0.15) is 6.61 Å². The predicted molar refractivity (Wildman–Crippen MR) is 238 cm³/mol. The molecule has 0 rings (SSSR count). The Bertz CT molecular complexity index is 795. The SMILES string of the molecule is CCCCCC/C=C\CCCCCCCC(=O)OC(CO)COC(=O)CCCCCCCCCCCCCCCCCCCCCCCCCCCCCC. The summed E-state index contributed by atoms with van der Waals surface area (Å²) in [5, 5.41) is 9.58. The van der Waals surface area contributed by atoms with Crippen LogP contribution in [0.1, 0.15) is 277 Å². The molecule has 326 valence electrons. The summed E-state index contributed by atoms with van der Waals surface area (Å²) in [5.41, 5.74) is 0.